The van der Waals surface area contributed by atoms with Crippen molar-refractivity contribution in [2.24, 2.45) is 7.05 Å². The maximum absolute atomic E-state index is 13.1. The molecule has 5 rings (SSSR count). The molecule has 9 heteroatoms. The van der Waals surface area contributed by atoms with Gasteiger partial charge >= 0.3 is 0 Å². The lowest BCUT2D eigenvalue weighted by molar-refractivity contribution is -0.115. The Balaban J connectivity index is 1.39. The van der Waals surface area contributed by atoms with Gasteiger partial charge in [0.2, 0.25) is 5.91 Å². The first-order valence-corrected chi connectivity index (χ1v) is 10.5. The number of nitrogens with one attached hydrogen (secondary N) is 2. The molecule has 0 bridgehead atoms. The van der Waals surface area contributed by atoms with E-state index in [4.69, 9.17) is 0 Å². The van der Waals surface area contributed by atoms with Crippen molar-refractivity contribution in [3.8, 4) is 0 Å². The van der Waals surface area contributed by atoms with Crippen LogP contribution >= 0.6 is 0 Å². The summed E-state index contributed by atoms with van der Waals surface area (Å²) in [6.45, 7) is -0.0835. The van der Waals surface area contributed by atoms with Crippen LogP contribution in [0.2, 0.25) is 0 Å². The molecule has 0 spiro atoms. The van der Waals surface area contributed by atoms with Crippen molar-refractivity contribution in [1.82, 2.24) is 9.78 Å². The van der Waals surface area contributed by atoms with Crippen LogP contribution < -0.4 is 21.1 Å². The quantitative estimate of drug-likeness (QED) is 0.495. The van der Waals surface area contributed by atoms with Gasteiger partial charge in [-0.3, -0.25) is 24.1 Å². The number of aryl methyl sites for hydroxylation is 1. The van der Waals surface area contributed by atoms with E-state index in [-0.39, 0.29) is 29.6 Å². The lowest BCUT2D eigenvalue weighted by atomic mass is 10.1. The van der Waals surface area contributed by atoms with Crippen LogP contribution in [0.1, 0.15) is 20.8 Å². The topological polar surface area (TPSA) is 113 Å². The zero-order valence-electron chi connectivity index (χ0n) is 18.1. The van der Waals surface area contributed by atoms with Crippen molar-refractivity contribution in [3.05, 3.63) is 94.4 Å². The first kappa shape index (κ1) is 21.1. The molecule has 0 radical (unpaired) electrons. The molecule has 1 aromatic heterocycles. The van der Waals surface area contributed by atoms with E-state index in [0.29, 0.717) is 33.4 Å². The van der Waals surface area contributed by atoms with Crippen LogP contribution in [0.4, 0.5) is 17.1 Å². The lowest BCUT2D eigenvalue weighted by Crippen LogP contribution is -2.42. The van der Waals surface area contributed by atoms with Gasteiger partial charge in [0.15, 0.2) is 5.69 Å². The third-order valence-corrected chi connectivity index (χ3v) is 5.58. The molecule has 9 nitrogen and oxygen atoms in total. The molecule has 0 unspecified atom stereocenters. The molecule has 0 saturated carbocycles. The van der Waals surface area contributed by atoms with Crippen LogP contribution in [0.25, 0.3) is 10.8 Å². The fraction of sp³-hybridized carbons (Fsp3) is 0.0800. The molecular formula is C25H19N5O4. The SMILES string of the molecule is Cn1nc(C(=O)Nc2ccc(C(=O)N3CC(=O)Nc4ccccc43)cc2)c2ccccc2c1=O. The Morgan fingerprint density at radius 2 is 1.59 bits per heavy atom. The van der Waals surface area contributed by atoms with Crippen LogP contribution in [-0.2, 0) is 11.8 Å². The molecular weight excluding hydrogens is 434 g/mol. The molecule has 0 atom stereocenters. The highest BCUT2D eigenvalue weighted by atomic mass is 16.2. The Bertz CT molecular complexity index is 1520. The Morgan fingerprint density at radius 1 is 0.912 bits per heavy atom. The molecule has 168 valence electrons. The van der Waals surface area contributed by atoms with E-state index >= 15 is 0 Å². The zero-order chi connectivity index (χ0) is 23.8. The number of benzene rings is 3. The number of rotatable bonds is 3. The average molecular weight is 453 g/mol. The number of fused-ring (bicyclic) bond motifs is 2. The number of hydrogen-bond donors (Lipinski definition) is 2. The summed E-state index contributed by atoms with van der Waals surface area (Å²) in [4.78, 5) is 51.8. The van der Waals surface area contributed by atoms with Crippen molar-refractivity contribution >= 4 is 45.6 Å². The molecule has 3 amide bonds. The van der Waals surface area contributed by atoms with Gasteiger partial charge < -0.3 is 10.6 Å². The minimum absolute atomic E-state index is 0.0835. The molecule has 3 aromatic carbocycles. The first-order chi connectivity index (χ1) is 16.4. The van der Waals surface area contributed by atoms with Crippen LogP contribution in [-0.4, -0.2) is 34.0 Å². The summed E-state index contributed by atoms with van der Waals surface area (Å²) in [7, 11) is 1.49. The highest BCUT2D eigenvalue weighted by molar-refractivity contribution is 6.15. The number of amides is 3. The molecule has 1 aliphatic heterocycles. The van der Waals surface area contributed by atoms with E-state index in [2.05, 4.69) is 15.7 Å². The van der Waals surface area contributed by atoms with Crippen LogP contribution in [0.3, 0.4) is 0 Å². The van der Waals surface area contributed by atoms with Crippen molar-refractivity contribution in [3.63, 3.8) is 0 Å². The minimum Gasteiger partial charge on any atom is -0.323 e. The fourth-order valence-corrected chi connectivity index (χ4v) is 3.92. The van der Waals surface area contributed by atoms with Crippen molar-refractivity contribution in [2.45, 2.75) is 0 Å². The Morgan fingerprint density at radius 3 is 2.35 bits per heavy atom. The minimum atomic E-state index is -0.479. The Labute approximate surface area is 193 Å². The van der Waals surface area contributed by atoms with E-state index < -0.39 is 5.91 Å². The Hall–Kier alpha value is -4.79. The number of nitrogens with zero attached hydrogens (tertiary/aromatic N) is 3. The van der Waals surface area contributed by atoms with Crippen molar-refractivity contribution in [1.29, 1.82) is 0 Å². The number of carbonyl (C=O) groups is 3. The molecule has 2 N–H and O–H groups in total. The second-order valence-electron chi connectivity index (χ2n) is 7.81. The highest BCUT2D eigenvalue weighted by Crippen LogP contribution is 2.30. The van der Waals surface area contributed by atoms with Crippen LogP contribution in [0, 0.1) is 0 Å². The zero-order valence-corrected chi connectivity index (χ0v) is 18.1. The van der Waals surface area contributed by atoms with Crippen molar-refractivity contribution < 1.29 is 14.4 Å². The van der Waals surface area contributed by atoms with Gasteiger partial charge in [0.1, 0.15) is 6.54 Å². The number of anilines is 3. The molecule has 0 fully saturated rings. The summed E-state index contributed by atoms with van der Waals surface area (Å²) < 4.78 is 1.13. The molecule has 0 aliphatic carbocycles. The van der Waals surface area contributed by atoms with E-state index in [1.807, 2.05) is 0 Å². The van der Waals surface area contributed by atoms with Gasteiger partial charge in [-0.25, -0.2) is 4.68 Å². The van der Waals surface area contributed by atoms with Crippen LogP contribution in [0.5, 0.6) is 0 Å². The summed E-state index contributed by atoms with van der Waals surface area (Å²) in [5.74, 6) is -1.08. The number of aromatic nitrogens is 2. The molecule has 1 aliphatic rings. The summed E-state index contributed by atoms with van der Waals surface area (Å²) in [6, 6.07) is 20.2. The molecule has 34 heavy (non-hydrogen) atoms. The second kappa shape index (κ2) is 8.28. The van der Waals surface area contributed by atoms with Gasteiger partial charge in [-0.1, -0.05) is 30.3 Å². The maximum atomic E-state index is 13.1. The monoisotopic (exact) mass is 453 g/mol. The number of para-hydroxylation sites is 2. The molecule has 2 heterocycles. The predicted octanol–water partition coefficient (Wildman–Crippen LogP) is 2.78. The lowest BCUT2D eigenvalue weighted by Gasteiger charge is -2.29. The van der Waals surface area contributed by atoms with Gasteiger partial charge in [0.05, 0.1) is 16.8 Å². The normalized spacial score (nSPS) is 12.7. The number of hydrogen-bond acceptors (Lipinski definition) is 5. The maximum Gasteiger partial charge on any atom is 0.276 e. The van der Waals surface area contributed by atoms with Gasteiger partial charge in [-0.05, 0) is 42.5 Å². The van der Waals surface area contributed by atoms with E-state index in [9.17, 15) is 19.2 Å². The van der Waals surface area contributed by atoms with Gasteiger partial charge in [0, 0.05) is 23.7 Å². The average Bonchev–Trinajstić information content (AvgIpc) is 2.85. The fourth-order valence-electron chi connectivity index (χ4n) is 3.92. The summed E-state index contributed by atoms with van der Waals surface area (Å²) in [5, 5.41) is 10.5. The van der Waals surface area contributed by atoms with E-state index in [0.717, 1.165) is 4.68 Å². The van der Waals surface area contributed by atoms with Gasteiger partial charge in [-0.15, -0.1) is 0 Å². The second-order valence-corrected chi connectivity index (χ2v) is 7.81. The summed E-state index contributed by atoms with van der Waals surface area (Å²) in [5.41, 5.74) is 1.85. The third kappa shape index (κ3) is 3.69. The third-order valence-electron chi connectivity index (χ3n) is 5.58. The number of carbonyl (C=O) groups excluding carboxylic acids is 3. The molecule has 0 saturated heterocycles. The van der Waals surface area contributed by atoms with Crippen molar-refractivity contribution in [2.75, 3.05) is 22.1 Å². The van der Waals surface area contributed by atoms with Gasteiger partial charge in [0.25, 0.3) is 17.4 Å². The highest BCUT2D eigenvalue weighted by Gasteiger charge is 2.27. The van der Waals surface area contributed by atoms with E-state index in [1.165, 1.54) is 11.9 Å². The van der Waals surface area contributed by atoms with Crippen LogP contribution in [0.15, 0.2) is 77.6 Å². The molecule has 4 aromatic rings. The smallest absolute Gasteiger partial charge is 0.276 e. The standard InChI is InChI=1S/C25H19N5O4/c1-29-25(34)18-7-3-2-6-17(18)22(28-29)23(32)26-16-12-10-15(11-13-16)24(33)30-14-21(31)27-19-8-4-5-9-20(19)30/h2-13H,14H2,1H3,(H,26,32)(H,27,31). The van der Waals surface area contributed by atoms with Gasteiger partial charge in [-0.2, -0.15) is 5.10 Å². The Kier molecular flexibility index (Phi) is 5.14. The summed E-state index contributed by atoms with van der Waals surface area (Å²) >= 11 is 0. The summed E-state index contributed by atoms with van der Waals surface area (Å²) in [6.07, 6.45) is 0. The van der Waals surface area contributed by atoms with E-state index in [1.54, 1.807) is 72.8 Å². The largest absolute Gasteiger partial charge is 0.323 e. The first-order valence-electron chi connectivity index (χ1n) is 10.5. The predicted molar refractivity (Wildman–Crippen MR) is 128 cm³/mol.